The number of carbonyl (C=O) groups is 4. The molecular weight excluding hydrogens is 1320 g/mol. The van der Waals surface area contributed by atoms with Crippen molar-refractivity contribution in [2.45, 2.75) is 446 Å². The number of ether oxygens (including phenoxy) is 4. The first-order valence-corrected chi connectivity index (χ1v) is 45.4. The number of phosphoric acid groups is 2. The second kappa shape index (κ2) is 72.3. The molecule has 0 fully saturated rings. The van der Waals surface area contributed by atoms with Crippen molar-refractivity contribution in [2.24, 2.45) is 17.8 Å². The SMILES string of the molecule is CCCCCCCCCCCCCCCCCCCCCCCCC(=O)O[C@H](COC(=O)CCCCCCCCCCCCCCC(C)C)COP(=O)(O)OC[C@@H](O)COP(=O)(O)OC[C@@H](COC(=O)CCCCCCCCCCC(C)CC)OC(=O)CCCCCCCCCCC(C)CC. The van der Waals surface area contributed by atoms with Crippen LogP contribution in [0.25, 0.3) is 0 Å². The van der Waals surface area contributed by atoms with E-state index in [9.17, 15) is 43.2 Å². The Morgan fingerprint density at radius 3 is 0.752 bits per heavy atom. The van der Waals surface area contributed by atoms with Crippen LogP contribution in [0.4, 0.5) is 0 Å². The summed E-state index contributed by atoms with van der Waals surface area (Å²) < 4.78 is 68.7. The smallest absolute Gasteiger partial charge is 0.462 e. The van der Waals surface area contributed by atoms with Crippen LogP contribution >= 0.6 is 15.6 Å². The Hall–Kier alpha value is -1.94. The number of rotatable bonds is 80. The molecule has 0 radical (unpaired) electrons. The summed E-state index contributed by atoms with van der Waals surface area (Å²) in [5.74, 6) is 0.216. The van der Waals surface area contributed by atoms with E-state index in [0.717, 1.165) is 108 Å². The lowest BCUT2D eigenvalue weighted by Gasteiger charge is -2.21. The fraction of sp³-hybridized carbons (Fsp3) is 0.951. The van der Waals surface area contributed by atoms with Crippen LogP contribution in [0.1, 0.15) is 427 Å². The monoisotopic (exact) mass is 1480 g/mol. The van der Waals surface area contributed by atoms with Crippen LogP contribution in [0.2, 0.25) is 0 Å². The third-order valence-electron chi connectivity index (χ3n) is 19.9. The quantitative estimate of drug-likeness (QED) is 0.0222. The van der Waals surface area contributed by atoms with Gasteiger partial charge in [0, 0.05) is 25.7 Å². The number of esters is 4. The van der Waals surface area contributed by atoms with Gasteiger partial charge >= 0.3 is 39.5 Å². The normalized spacial score (nSPS) is 14.5. The molecule has 0 aromatic rings. The summed E-state index contributed by atoms with van der Waals surface area (Å²) in [6.07, 6.45) is 61.1. The van der Waals surface area contributed by atoms with Crippen LogP contribution in [-0.4, -0.2) is 96.7 Å². The number of hydrogen-bond donors (Lipinski definition) is 3. The van der Waals surface area contributed by atoms with E-state index in [-0.39, 0.29) is 25.7 Å². The first-order valence-electron chi connectivity index (χ1n) is 42.4. The van der Waals surface area contributed by atoms with Crippen LogP contribution in [0, 0.1) is 17.8 Å². The third kappa shape index (κ3) is 73.4. The summed E-state index contributed by atoms with van der Waals surface area (Å²) in [6, 6.07) is 0. The maximum atomic E-state index is 13.1. The summed E-state index contributed by atoms with van der Waals surface area (Å²) >= 11 is 0. The molecule has 0 amide bonds. The standard InChI is InChI=1S/C82H160O17P2/c1-8-11-12-13-14-15-16-17-18-19-20-21-22-23-24-25-26-31-34-44-51-58-65-81(86)98-77(69-92-79(84)63-56-49-42-33-30-28-27-29-32-39-46-53-60-73(4)5)71-96-100(88,89)94-67-76(83)68-95-101(90,91)97-72-78(99-82(87)66-59-52-45-38-36-41-48-55-62-75(7)10-3)70-93-80(85)64-57-50-43-37-35-40-47-54-61-74(6)9-2/h73-78,83H,8-72H2,1-7H3,(H,88,89)(H,90,91)/t74?,75?,76-,77-,78-/m1/s1. The minimum Gasteiger partial charge on any atom is -0.462 e. The van der Waals surface area contributed by atoms with Crippen LogP contribution in [-0.2, 0) is 65.4 Å². The summed E-state index contributed by atoms with van der Waals surface area (Å²) in [5.41, 5.74) is 0. The summed E-state index contributed by atoms with van der Waals surface area (Å²) in [7, 11) is -9.92. The molecule has 0 aliphatic rings. The Morgan fingerprint density at radius 1 is 0.287 bits per heavy atom. The predicted octanol–water partition coefficient (Wildman–Crippen LogP) is 24.5. The Bertz CT molecular complexity index is 1960. The maximum absolute atomic E-state index is 13.1. The molecule has 0 aliphatic heterocycles. The molecule has 600 valence electrons. The number of carbonyl (C=O) groups excluding carboxylic acids is 4. The highest BCUT2D eigenvalue weighted by molar-refractivity contribution is 7.47. The van der Waals surface area contributed by atoms with E-state index >= 15 is 0 Å². The Labute approximate surface area is 619 Å². The molecule has 101 heavy (non-hydrogen) atoms. The minimum absolute atomic E-state index is 0.105. The van der Waals surface area contributed by atoms with Gasteiger partial charge in [0.1, 0.15) is 19.3 Å². The number of phosphoric ester groups is 2. The van der Waals surface area contributed by atoms with Gasteiger partial charge in [0.2, 0.25) is 0 Å². The summed E-state index contributed by atoms with van der Waals surface area (Å²) in [5, 5.41) is 10.6. The van der Waals surface area contributed by atoms with Gasteiger partial charge in [-0.3, -0.25) is 37.3 Å². The first-order chi connectivity index (χ1) is 48.8. The average Bonchev–Trinajstić information content (AvgIpc) is 0.936. The fourth-order valence-electron chi connectivity index (χ4n) is 12.6. The number of aliphatic hydroxyl groups excluding tert-OH is 1. The molecule has 0 rings (SSSR count). The highest BCUT2D eigenvalue weighted by Gasteiger charge is 2.30. The molecule has 0 aliphatic carbocycles. The minimum atomic E-state index is -4.96. The van der Waals surface area contributed by atoms with Gasteiger partial charge in [0.15, 0.2) is 12.2 Å². The molecule has 0 saturated carbocycles. The second-order valence-corrected chi connectivity index (χ2v) is 33.4. The predicted molar refractivity (Wildman–Crippen MR) is 414 cm³/mol. The van der Waals surface area contributed by atoms with E-state index in [1.54, 1.807) is 0 Å². The van der Waals surface area contributed by atoms with Crippen LogP contribution in [0.3, 0.4) is 0 Å². The number of hydrogen-bond acceptors (Lipinski definition) is 15. The lowest BCUT2D eigenvalue weighted by Crippen LogP contribution is -2.30. The van der Waals surface area contributed by atoms with Crippen LogP contribution < -0.4 is 0 Å². The zero-order valence-electron chi connectivity index (χ0n) is 66.4. The van der Waals surface area contributed by atoms with Gasteiger partial charge in [-0.15, -0.1) is 0 Å². The van der Waals surface area contributed by atoms with E-state index in [1.165, 1.54) is 238 Å². The van der Waals surface area contributed by atoms with E-state index in [1.807, 2.05) is 0 Å². The zero-order valence-corrected chi connectivity index (χ0v) is 68.2. The van der Waals surface area contributed by atoms with Gasteiger partial charge in [-0.05, 0) is 43.4 Å². The van der Waals surface area contributed by atoms with Crippen molar-refractivity contribution >= 4 is 39.5 Å². The lowest BCUT2D eigenvalue weighted by atomic mass is 9.99. The highest BCUT2D eigenvalue weighted by atomic mass is 31.2. The topological polar surface area (TPSA) is 237 Å². The molecule has 0 spiro atoms. The van der Waals surface area contributed by atoms with Gasteiger partial charge < -0.3 is 33.8 Å². The van der Waals surface area contributed by atoms with Crippen molar-refractivity contribution in [3.63, 3.8) is 0 Å². The molecule has 0 aromatic heterocycles. The van der Waals surface area contributed by atoms with E-state index < -0.39 is 97.5 Å². The molecule has 17 nitrogen and oxygen atoms in total. The van der Waals surface area contributed by atoms with E-state index in [2.05, 4.69) is 48.5 Å². The molecule has 0 heterocycles. The fourth-order valence-corrected chi connectivity index (χ4v) is 14.2. The molecule has 3 N–H and O–H groups in total. The Balaban J connectivity index is 5.23. The van der Waals surface area contributed by atoms with Crippen molar-refractivity contribution in [3.05, 3.63) is 0 Å². The molecule has 0 saturated heterocycles. The maximum Gasteiger partial charge on any atom is 0.472 e. The van der Waals surface area contributed by atoms with E-state index in [4.69, 9.17) is 37.0 Å². The molecule has 4 unspecified atom stereocenters. The summed E-state index contributed by atoms with van der Waals surface area (Å²) in [4.78, 5) is 73.1. The Morgan fingerprint density at radius 2 is 0.505 bits per heavy atom. The largest absolute Gasteiger partial charge is 0.472 e. The van der Waals surface area contributed by atoms with Crippen molar-refractivity contribution < 1.29 is 80.2 Å². The van der Waals surface area contributed by atoms with Gasteiger partial charge in [-0.1, -0.05) is 376 Å². The molecule has 7 atom stereocenters. The lowest BCUT2D eigenvalue weighted by molar-refractivity contribution is -0.161. The average molecular weight is 1480 g/mol. The van der Waals surface area contributed by atoms with Crippen molar-refractivity contribution in [3.8, 4) is 0 Å². The van der Waals surface area contributed by atoms with Crippen LogP contribution in [0.15, 0.2) is 0 Å². The molecule has 0 bridgehead atoms. The zero-order chi connectivity index (χ0) is 74.4. The molecule has 0 aromatic carbocycles. The van der Waals surface area contributed by atoms with Crippen molar-refractivity contribution in [1.82, 2.24) is 0 Å². The number of aliphatic hydroxyl groups is 1. The number of unbranched alkanes of at least 4 members (excludes halogenated alkanes) is 46. The van der Waals surface area contributed by atoms with E-state index in [0.29, 0.717) is 25.7 Å². The second-order valence-electron chi connectivity index (χ2n) is 30.5. The van der Waals surface area contributed by atoms with Gasteiger partial charge in [-0.25, -0.2) is 9.13 Å². The van der Waals surface area contributed by atoms with Crippen molar-refractivity contribution in [1.29, 1.82) is 0 Å². The first kappa shape index (κ1) is 99.1. The third-order valence-corrected chi connectivity index (χ3v) is 21.8. The Kier molecular flexibility index (Phi) is 70.9. The molecule has 19 heteroatoms. The molecular formula is C82H160O17P2. The highest BCUT2D eigenvalue weighted by Crippen LogP contribution is 2.45. The van der Waals surface area contributed by atoms with Gasteiger partial charge in [-0.2, -0.15) is 0 Å². The van der Waals surface area contributed by atoms with Crippen LogP contribution in [0.5, 0.6) is 0 Å². The summed E-state index contributed by atoms with van der Waals surface area (Å²) in [6.45, 7) is 11.9. The van der Waals surface area contributed by atoms with Crippen molar-refractivity contribution in [2.75, 3.05) is 39.6 Å². The van der Waals surface area contributed by atoms with Gasteiger partial charge in [0.05, 0.1) is 26.4 Å². The van der Waals surface area contributed by atoms with Gasteiger partial charge in [0.25, 0.3) is 0 Å².